The van der Waals surface area contributed by atoms with Crippen molar-refractivity contribution in [2.75, 3.05) is 22.5 Å². The Morgan fingerprint density at radius 1 is 1.24 bits per heavy atom. The van der Waals surface area contributed by atoms with Gasteiger partial charge in [0.05, 0.1) is 17.9 Å². The molecule has 0 saturated heterocycles. The van der Waals surface area contributed by atoms with Crippen LogP contribution in [0.5, 0.6) is 0 Å². The maximum Gasteiger partial charge on any atom is 0.270 e. The molecule has 0 aliphatic heterocycles. The van der Waals surface area contributed by atoms with Crippen LogP contribution in [0.25, 0.3) is 0 Å². The van der Waals surface area contributed by atoms with Crippen LogP contribution < -0.4 is 16.6 Å². The number of hydrogen-bond donors (Lipinski definition) is 4. The minimum atomic E-state index is -0.350. The number of nitrogen functional groups attached to an aromatic ring is 1. The van der Waals surface area contributed by atoms with E-state index in [-0.39, 0.29) is 28.9 Å². The first-order chi connectivity index (χ1) is 16.4. The fraction of sp³-hybridized carbons (Fsp3) is 0.167. The molecule has 5 N–H and O–H groups in total. The maximum absolute atomic E-state index is 12.8. The maximum atomic E-state index is 12.8. The highest BCUT2D eigenvalue weighted by atomic mass is 35.5. The number of anilines is 1. The van der Waals surface area contributed by atoms with E-state index in [2.05, 4.69) is 36.1 Å². The van der Waals surface area contributed by atoms with E-state index in [0.29, 0.717) is 38.9 Å². The van der Waals surface area contributed by atoms with Gasteiger partial charge in [0.25, 0.3) is 5.91 Å². The number of amides is 2. The Balaban J connectivity index is 1.57. The molecule has 0 aliphatic rings. The van der Waals surface area contributed by atoms with Gasteiger partial charge in [0.1, 0.15) is 5.88 Å². The van der Waals surface area contributed by atoms with Gasteiger partial charge in [0.15, 0.2) is 16.8 Å². The minimum absolute atomic E-state index is 0.166. The number of nitrogens with zero attached hydrogens (tertiary/aromatic N) is 6. The summed E-state index contributed by atoms with van der Waals surface area (Å²) >= 11 is 13.1. The zero-order chi connectivity index (χ0) is 24.1. The fourth-order valence-corrected chi connectivity index (χ4v) is 4.49. The molecular weight excluding hydrogens is 520 g/mol. The van der Waals surface area contributed by atoms with Crippen molar-refractivity contribution in [1.82, 2.24) is 34.7 Å². The van der Waals surface area contributed by atoms with Crippen molar-refractivity contribution < 1.29 is 9.59 Å². The molecule has 0 aliphatic carbocycles. The molecule has 0 saturated carbocycles. The number of thioether (sulfide) groups is 1. The van der Waals surface area contributed by atoms with Gasteiger partial charge in [-0.25, -0.2) is 14.3 Å². The summed E-state index contributed by atoms with van der Waals surface area (Å²) in [6.07, 6.45) is 0.255. The van der Waals surface area contributed by atoms with Crippen molar-refractivity contribution >= 4 is 63.9 Å². The molecule has 1 aromatic carbocycles. The Kier molecular flexibility index (Phi) is 7.56. The quantitative estimate of drug-likeness (QED) is 0.109. The summed E-state index contributed by atoms with van der Waals surface area (Å²) < 4.78 is 3.05. The Hall–Kier alpha value is -3.27. The standard InChI is InChI=1S/C18H17ClN10O2S3/c19-7-14(30)22-16-21-11(8-33-16)6-12-23-26-18(34-9-13-24-25-17(32)28(13)20)29(12)27-15(31)10-4-2-1-3-5-10/h1-5,8H,6-7,9,20H2,(H,25,32)(H,27,31)(H,21,22,30). The van der Waals surface area contributed by atoms with Crippen LogP contribution in [0.2, 0.25) is 0 Å². The van der Waals surface area contributed by atoms with E-state index in [1.807, 2.05) is 6.07 Å². The first kappa shape index (κ1) is 23.9. The normalized spacial score (nSPS) is 10.9. The van der Waals surface area contributed by atoms with E-state index in [9.17, 15) is 9.59 Å². The second kappa shape index (κ2) is 10.8. The van der Waals surface area contributed by atoms with Crippen molar-refractivity contribution in [1.29, 1.82) is 0 Å². The van der Waals surface area contributed by atoms with Crippen molar-refractivity contribution in [3.8, 4) is 0 Å². The zero-order valence-corrected chi connectivity index (χ0v) is 20.5. The van der Waals surface area contributed by atoms with Gasteiger partial charge in [-0.05, 0) is 24.4 Å². The summed E-state index contributed by atoms with van der Waals surface area (Å²) in [6, 6.07) is 8.76. The lowest BCUT2D eigenvalue weighted by molar-refractivity contribution is -0.113. The lowest BCUT2D eigenvalue weighted by Crippen LogP contribution is -2.25. The van der Waals surface area contributed by atoms with Crippen LogP contribution in [-0.2, 0) is 17.0 Å². The summed E-state index contributed by atoms with van der Waals surface area (Å²) in [7, 11) is 0. The van der Waals surface area contributed by atoms with E-state index < -0.39 is 0 Å². The van der Waals surface area contributed by atoms with Gasteiger partial charge < -0.3 is 11.2 Å². The van der Waals surface area contributed by atoms with E-state index in [0.717, 1.165) is 0 Å². The SMILES string of the molecule is Nn1c(CSc2nnc(Cc3csc(NC(=O)CCl)n3)n2NC(=O)c2ccccc2)n[nH]c1=S. The van der Waals surface area contributed by atoms with Gasteiger partial charge in [-0.1, -0.05) is 30.0 Å². The molecule has 0 atom stereocenters. The van der Waals surface area contributed by atoms with Crippen molar-refractivity contribution in [2.45, 2.75) is 17.3 Å². The van der Waals surface area contributed by atoms with Gasteiger partial charge in [-0.15, -0.1) is 33.1 Å². The van der Waals surface area contributed by atoms with Crippen molar-refractivity contribution in [3.63, 3.8) is 0 Å². The van der Waals surface area contributed by atoms with Crippen molar-refractivity contribution in [3.05, 3.63) is 63.4 Å². The molecule has 0 spiro atoms. The Morgan fingerprint density at radius 2 is 2.03 bits per heavy atom. The van der Waals surface area contributed by atoms with Gasteiger partial charge in [-0.2, -0.15) is 5.10 Å². The third kappa shape index (κ3) is 5.61. The molecule has 4 rings (SSSR count). The Morgan fingerprint density at radius 3 is 2.74 bits per heavy atom. The van der Waals surface area contributed by atoms with Crippen LogP contribution in [0.1, 0.15) is 27.7 Å². The monoisotopic (exact) mass is 536 g/mol. The van der Waals surface area contributed by atoms with Crippen LogP contribution in [-0.4, -0.2) is 52.4 Å². The number of rotatable bonds is 9. The lowest BCUT2D eigenvalue weighted by atomic mass is 10.2. The lowest BCUT2D eigenvalue weighted by Gasteiger charge is -2.11. The first-order valence-electron chi connectivity index (χ1n) is 9.59. The predicted octanol–water partition coefficient (Wildman–Crippen LogP) is 2.15. The Bertz CT molecular complexity index is 1360. The highest BCUT2D eigenvalue weighted by molar-refractivity contribution is 7.98. The minimum Gasteiger partial charge on any atom is -0.335 e. The fourth-order valence-electron chi connectivity index (χ4n) is 2.70. The molecule has 0 fully saturated rings. The van der Waals surface area contributed by atoms with Gasteiger partial charge in [0.2, 0.25) is 15.8 Å². The zero-order valence-electron chi connectivity index (χ0n) is 17.3. The molecule has 0 radical (unpaired) electrons. The molecule has 12 nitrogen and oxygen atoms in total. The highest BCUT2D eigenvalue weighted by Crippen LogP contribution is 2.23. The number of H-pyrrole nitrogens is 1. The van der Waals surface area contributed by atoms with E-state index in [4.69, 9.17) is 29.7 Å². The number of aromatic amines is 1. The summed E-state index contributed by atoms with van der Waals surface area (Å²) in [5.41, 5.74) is 3.94. The molecule has 2 amide bonds. The third-order valence-electron chi connectivity index (χ3n) is 4.32. The number of benzene rings is 1. The van der Waals surface area contributed by atoms with Crippen LogP contribution in [0.3, 0.4) is 0 Å². The van der Waals surface area contributed by atoms with Crippen LogP contribution >= 0.6 is 46.9 Å². The van der Waals surface area contributed by atoms with Crippen LogP contribution in [0.4, 0.5) is 5.13 Å². The van der Waals surface area contributed by atoms with Gasteiger partial charge >= 0.3 is 0 Å². The molecule has 0 bridgehead atoms. The molecule has 176 valence electrons. The average molecular weight is 537 g/mol. The average Bonchev–Trinajstić information content (AvgIpc) is 3.54. The smallest absolute Gasteiger partial charge is 0.270 e. The number of alkyl halides is 1. The molecule has 3 aromatic heterocycles. The third-order valence-corrected chi connectivity index (χ3v) is 6.58. The molecule has 16 heteroatoms. The van der Waals surface area contributed by atoms with E-state index in [1.165, 1.54) is 32.5 Å². The second-order valence-corrected chi connectivity index (χ2v) is 9.10. The largest absolute Gasteiger partial charge is 0.335 e. The summed E-state index contributed by atoms with van der Waals surface area (Å²) in [6.45, 7) is 0. The topological polar surface area (TPSA) is 161 Å². The first-order valence-corrected chi connectivity index (χ1v) is 12.4. The van der Waals surface area contributed by atoms with Crippen LogP contribution in [0.15, 0.2) is 40.9 Å². The number of nitrogens with one attached hydrogen (secondary N) is 3. The van der Waals surface area contributed by atoms with Gasteiger partial charge in [0, 0.05) is 10.9 Å². The molecule has 0 unspecified atom stereocenters. The van der Waals surface area contributed by atoms with Crippen molar-refractivity contribution in [2.24, 2.45) is 0 Å². The summed E-state index contributed by atoms with van der Waals surface area (Å²) in [5.74, 6) is 6.28. The summed E-state index contributed by atoms with van der Waals surface area (Å²) in [5, 5.41) is 20.4. The van der Waals surface area contributed by atoms with Gasteiger partial charge in [-0.3, -0.25) is 20.1 Å². The number of halogens is 1. The summed E-state index contributed by atoms with van der Waals surface area (Å²) in [4.78, 5) is 28.7. The molecule has 3 heterocycles. The number of carbonyl (C=O) groups excluding carboxylic acids is 2. The van der Waals surface area contributed by atoms with E-state index in [1.54, 1.807) is 29.6 Å². The van der Waals surface area contributed by atoms with Crippen LogP contribution in [0, 0.1) is 4.77 Å². The number of carbonyl (C=O) groups is 2. The number of aromatic nitrogens is 7. The Labute approximate surface area is 210 Å². The number of thiazole rings is 1. The predicted molar refractivity (Wildman–Crippen MR) is 132 cm³/mol. The second-order valence-electron chi connectivity index (χ2n) is 6.65. The molecule has 34 heavy (non-hydrogen) atoms. The molecule has 4 aromatic rings. The van der Waals surface area contributed by atoms with E-state index >= 15 is 0 Å². The number of hydrogen-bond acceptors (Lipinski definition) is 10. The molecular formula is C18H17ClN10O2S3. The number of nitrogens with two attached hydrogens (primary N) is 1. The highest BCUT2D eigenvalue weighted by Gasteiger charge is 2.19.